The van der Waals surface area contributed by atoms with E-state index in [2.05, 4.69) is 15.6 Å². The van der Waals surface area contributed by atoms with Crippen LogP contribution in [0.15, 0.2) is 70.9 Å². The summed E-state index contributed by atoms with van der Waals surface area (Å²) in [7, 11) is 0. The van der Waals surface area contributed by atoms with Gasteiger partial charge in [0.1, 0.15) is 5.75 Å². The predicted octanol–water partition coefficient (Wildman–Crippen LogP) is 4.56. The molecule has 0 atom stereocenters. The largest absolute Gasteiger partial charge is 0.505 e. The van der Waals surface area contributed by atoms with E-state index in [9.17, 15) is 19.8 Å². The first-order valence-electron chi connectivity index (χ1n) is 10.2. The minimum Gasteiger partial charge on any atom is -0.505 e. The van der Waals surface area contributed by atoms with E-state index in [0.29, 0.717) is 22.5 Å². The highest BCUT2D eigenvalue weighted by molar-refractivity contribution is 6.71. The fraction of sp³-hybridized carbons (Fsp3) is 0.120. The van der Waals surface area contributed by atoms with Gasteiger partial charge in [0.25, 0.3) is 0 Å². The minimum atomic E-state index is -1.06. The van der Waals surface area contributed by atoms with Crippen molar-refractivity contribution in [1.82, 2.24) is 0 Å². The van der Waals surface area contributed by atoms with E-state index in [0.717, 1.165) is 11.1 Å². The van der Waals surface area contributed by atoms with Gasteiger partial charge in [0, 0.05) is 5.56 Å². The van der Waals surface area contributed by atoms with Crippen molar-refractivity contribution in [3.8, 4) is 16.9 Å². The van der Waals surface area contributed by atoms with Crippen molar-refractivity contribution in [3.63, 3.8) is 0 Å². The SMILES string of the molecule is CC1=NN(c2ccc(C)c(C)c2)C(=O)/C1=N/Nc1cccc(-c2cccc(C(=O)O)c2)c1O. The third-order valence-corrected chi connectivity index (χ3v) is 5.47. The molecule has 0 unspecified atom stereocenters. The van der Waals surface area contributed by atoms with Crippen molar-refractivity contribution < 1.29 is 19.8 Å². The summed E-state index contributed by atoms with van der Waals surface area (Å²) in [6, 6.07) is 16.9. The standard InChI is InChI=1S/C25H22N4O4/c1-14-10-11-19(12-15(14)2)29-24(31)22(16(3)28-29)27-26-21-9-5-8-20(23(21)30)17-6-4-7-18(13-17)25(32)33/h4-13,26,30H,1-3H3,(H,32,33)/b27-22+. The fourth-order valence-corrected chi connectivity index (χ4v) is 3.46. The number of phenols is 1. The number of hydrogen-bond acceptors (Lipinski definition) is 6. The molecule has 1 aliphatic heterocycles. The first-order chi connectivity index (χ1) is 15.8. The number of nitrogens with zero attached hydrogens (tertiary/aromatic N) is 3. The van der Waals surface area contributed by atoms with E-state index >= 15 is 0 Å². The molecule has 1 aliphatic rings. The molecule has 0 aliphatic carbocycles. The summed E-state index contributed by atoms with van der Waals surface area (Å²) < 4.78 is 0. The summed E-state index contributed by atoms with van der Waals surface area (Å²) in [4.78, 5) is 24.2. The number of carboxylic acids is 1. The quantitative estimate of drug-likeness (QED) is 0.396. The number of nitrogens with one attached hydrogen (secondary N) is 1. The van der Waals surface area contributed by atoms with Crippen LogP contribution in [-0.2, 0) is 4.79 Å². The molecule has 0 radical (unpaired) electrons. The number of para-hydroxylation sites is 1. The molecule has 33 heavy (non-hydrogen) atoms. The van der Waals surface area contributed by atoms with Crippen LogP contribution in [0.25, 0.3) is 11.1 Å². The van der Waals surface area contributed by atoms with Gasteiger partial charge in [-0.1, -0.05) is 30.3 Å². The van der Waals surface area contributed by atoms with Gasteiger partial charge in [-0.05, 0) is 67.8 Å². The second-order valence-electron chi connectivity index (χ2n) is 7.73. The minimum absolute atomic E-state index is 0.111. The van der Waals surface area contributed by atoms with Crippen molar-refractivity contribution in [2.75, 3.05) is 10.4 Å². The highest BCUT2D eigenvalue weighted by atomic mass is 16.4. The molecular formula is C25H22N4O4. The Labute approximate surface area is 190 Å². The number of anilines is 2. The summed E-state index contributed by atoms with van der Waals surface area (Å²) in [5, 5.41) is 29.8. The number of carbonyl (C=O) groups excluding carboxylic acids is 1. The Bertz CT molecular complexity index is 1340. The Morgan fingerprint density at radius 1 is 1.00 bits per heavy atom. The number of hydrazone groups is 2. The van der Waals surface area contributed by atoms with Crippen LogP contribution in [0, 0.1) is 13.8 Å². The molecule has 0 fully saturated rings. The molecule has 1 heterocycles. The number of amides is 1. The van der Waals surface area contributed by atoms with Gasteiger partial charge < -0.3 is 10.2 Å². The van der Waals surface area contributed by atoms with Gasteiger partial charge >= 0.3 is 11.9 Å². The molecule has 4 rings (SSSR count). The van der Waals surface area contributed by atoms with Gasteiger partial charge in [-0.3, -0.25) is 10.2 Å². The molecule has 0 bridgehead atoms. The second kappa shape index (κ2) is 8.58. The van der Waals surface area contributed by atoms with Crippen molar-refractivity contribution >= 4 is 34.7 Å². The molecule has 3 aromatic carbocycles. The van der Waals surface area contributed by atoms with Crippen LogP contribution in [0.4, 0.5) is 11.4 Å². The summed E-state index contributed by atoms with van der Waals surface area (Å²) in [6.07, 6.45) is 0. The lowest BCUT2D eigenvalue weighted by molar-refractivity contribution is -0.112. The van der Waals surface area contributed by atoms with E-state index in [1.165, 1.54) is 17.1 Å². The Morgan fingerprint density at radius 3 is 2.48 bits per heavy atom. The number of aromatic hydroxyl groups is 1. The Hall–Kier alpha value is -4.46. The van der Waals surface area contributed by atoms with Crippen LogP contribution in [0.5, 0.6) is 5.75 Å². The third kappa shape index (κ3) is 4.18. The Balaban J connectivity index is 1.61. The number of phenolic OH excluding ortho intramolecular Hbond substituents is 1. The highest BCUT2D eigenvalue weighted by Gasteiger charge is 2.31. The lowest BCUT2D eigenvalue weighted by Crippen LogP contribution is -2.28. The monoisotopic (exact) mass is 442 g/mol. The van der Waals surface area contributed by atoms with Crippen LogP contribution in [0.2, 0.25) is 0 Å². The van der Waals surface area contributed by atoms with Gasteiger partial charge in [-0.15, -0.1) is 0 Å². The molecule has 0 saturated heterocycles. The Kier molecular flexibility index (Phi) is 5.66. The molecule has 0 spiro atoms. The molecule has 166 valence electrons. The lowest BCUT2D eigenvalue weighted by Gasteiger charge is -2.13. The average molecular weight is 442 g/mol. The zero-order valence-electron chi connectivity index (χ0n) is 18.3. The highest BCUT2D eigenvalue weighted by Crippen LogP contribution is 2.36. The number of aryl methyl sites for hydroxylation is 2. The maximum absolute atomic E-state index is 12.9. The normalized spacial score (nSPS) is 14.5. The first kappa shape index (κ1) is 21.8. The molecule has 8 nitrogen and oxygen atoms in total. The molecule has 3 N–H and O–H groups in total. The molecule has 8 heteroatoms. The smallest absolute Gasteiger partial charge is 0.335 e. The zero-order chi connectivity index (χ0) is 23.7. The van der Waals surface area contributed by atoms with Crippen LogP contribution in [-0.4, -0.2) is 33.5 Å². The van der Waals surface area contributed by atoms with Crippen molar-refractivity contribution in [3.05, 3.63) is 77.4 Å². The number of aromatic carboxylic acids is 1. The number of benzene rings is 3. The second-order valence-corrected chi connectivity index (χ2v) is 7.73. The van der Waals surface area contributed by atoms with E-state index in [-0.39, 0.29) is 28.6 Å². The predicted molar refractivity (Wildman–Crippen MR) is 128 cm³/mol. The molecule has 0 aromatic heterocycles. The molecule has 1 amide bonds. The summed E-state index contributed by atoms with van der Waals surface area (Å²) >= 11 is 0. The van der Waals surface area contributed by atoms with Gasteiger partial charge in [0.15, 0.2) is 5.71 Å². The van der Waals surface area contributed by atoms with E-state index in [1.54, 1.807) is 37.3 Å². The Morgan fingerprint density at radius 2 is 1.76 bits per heavy atom. The van der Waals surface area contributed by atoms with Crippen LogP contribution in [0.1, 0.15) is 28.4 Å². The van der Waals surface area contributed by atoms with Gasteiger partial charge in [-0.2, -0.15) is 15.2 Å². The maximum Gasteiger partial charge on any atom is 0.335 e. The summed E-state index contributed by atoms with van der Waals surface area (Å²) in [5.74, 6) is -1.55. The van der Waals surface area contributed by atoms with Crippen molar-refractivity contribution in [2.24, 2.45) is 10.2 Å². The summed E-state index contributed by atoms with van der Waals surface area (Å²) in [5.41, 5.74) is 7.49. The maximum atomic E-state index is 12.9. The van der Waals surface area contributed by atoms with Gasteiger partial charge in [0.2, 0.25) is 0 Å². The number of hydrogen-bond donors (Lipinski definition) is 3. The topological polar surface area (TPSA) is 115 Å². The van der Waals surface area contributed by atoms with Crippen molar-refractivity contribution in [1.29, 1.82) is 0 Å². The number of carboxylic acid groups (broad SMARTS) is 1. The molecule has 0 saturated carbocycles. The molecule has 3 aromatic rings. The van der Waals surface area contributed by atoms with Gasteiger partial charge in [0.05, 0.1) is 22.6 Å². The van der Waals surface area contributed by atoms with E-state index in [4.69, 9.17) is 0 Å². The lowest BCUT2D eigenvalue weighted by atomic mass is 10.0. The molecular weight excluding hydrogens is 420 g/mol. The number of rotatable bonds is 5. The third-order valence-electron chi connectivity index (χ3n) is 5.47. The summed E-state index contributed by atoms with van der Waals surface area (Å²) in [6.45, 7) is 5.65. The average Bonchev–Trinajstić information content (AvgIpc) is 3.08. The van der Waals surface area contributed by atoms with Crippen LogP contribution < -0.4 is 10.4 Å². The van der Waals surface area contributed by atoms with Crippen LogP contribution in [0.3, 0.4) is 0 Å². The fourth-order valence-electron chi connectivity index (χ4n) is 3.46. The first-order valence-corrected chi connectivity index (χ1v) is 10.2. The van der Waals surface area contributed by atoms with Gasteiger partial charge in [-0.25, -0.2) is 4.79 Å². The van der Waals surface area contributed by atoms with E-state index < -0.39 is 5.97 Å². The van der Waals surface area contributed by atoms with Crippen LogP contribution >= 0.6 is 0 Å². The number of carbonyl (C=O) groups is 2. The van der Waals surface area contributed by atoms with E-state index in [1.807, 2.05) is 32.0 Å². The van der Waals surface area contributed by atoms with Crippen molar-refractivity contribution in [2.45, 2.75) is 20.8 Å². The zero-order valence-corrected chi connectivity index (χ0v) is 18.3.